The Labute approximate surface area is 128 Å². The highest BCUT2D eigenvalue weighted by atomic mass is 32.2. The first-order valence-electron chi connectivity index (χ1n) is 7.03. The Morgan fingerprint density at radius 1 is 1.29 bits per heavy atom. The van der Waals surface area contributed by atoms with Gasteiger partial charge in [-0.25, -0.2) is 13.2 Å². The number of nitrogens with zero attached hydrogens (tertiary/aromatic N) is 2. The second-order valence-corrected chi connectivity index (χ2v) is 8.54. The third-order valence-corrected chi connectivity index (χ3v) is 6.71. The van der Waals surface area contributed by atoms with Crippen molar-refractivity contribution >= 4 is 27.8 Å². The van der Waals surface area contributed by atoms with Gasteiger partial charge in [-0.05, 0) is 31.1 Å². The van der Waals surface area contributed by atoms with Gasteiger partial charge in [0.1, 0.15) is 10.6 Å². The second kappa shape index (κ2) is 5.66. The van der Waals surface area contributed by atoms with E-state index in [2.05, 4.69) is 0 Å². The Morgan fingerprint density at radius 3 is 2.71 bits per heavy atom. The molecule has 0 amide bonds. The lowest BCUT2D eigenvalue weighted by atomic mass is 10.4. The number of rotatable bonds is 4. The smallest absolute Gasteiger partial charge is 0.352 e. The van der Waals surface area contributed by atoms with E-state index in [0.717, 1.165) is 30.8 Å². The maximum atomic E-state index is 12.7. The zero-order valence-electron chi connectivity index (χ0n) is 11.6. The third-order valence-electron chi connectivity index (χ3n) is 3.80. The van der Waals surface area contributed by atoms with Crippen molar-refractivity contribution in [2.45, 2.75) is 30.2 Å². The number of carbonyl (C=O) groups is 1. The van der Waals surface area contributed by atoms with Crippen molar-refractivity contribution in [3.05, 3.63) is 18.0 Å². The maximum absolute atomic E-state index is 12.7. The number of thioether (sulfide) groups is 1. The zero-order valence-corrected chi connectivity index (χ0v) is 13.2. The number of carboxylic acids is 1. The summed E-state index contributed by atoms with van der Waals surface area (Å²) >= 11 is 1.75. The minimum atomic E-state index is -3.59. The molecule has 0 radical (unpaired) electrons. The minimum Gasteiger partial charge on any atom is -0.477 e. The van der Waals surface area contributed by atoms with Gasteiger partial charge in [0, 0.05) is 31.1 Å². The van der Waals surface area contributed by atoms with Crippen LogP contribution in [0, 0.1) is 0 Å². The van der Waals surface area contributed by atoms with Crippen molar-refractivity contribution in [3.8, 4) is 0 Å². The van der Waals surface area contributed by atoms with Gasteiger partial charge in [0.25, 0.3) is 0 Å². The Morgan fingerprint density at radius 2 is 2.05 bits per heavy atom. The number of carboxylic acid groups (broad SMARTS) is 1. The molecule has 1 saturated carbocycles. The molecule has 1 N–H and O–H groups in total. The fraction of sp³-hybridized carbons (Fsp3) is 0.615. The molecule has 0 atom stereocenters. The lowest BCUT2D eigenvalue weighted by molar-refractivity contribution is 0.0685. The molecule has 6 nitrogen and oxygen atoms in total. The molecule has 1 aromatic rings. The van der Waals surface area contributed by atoms with E-state index in [-0.39, 0.29) is 16.6 Å². The van der Waals surface area contributed by atoms with Crippen LogP contribution in [0.2, 0.25) is 0 Å². The van der Waals surface area contributed by atoms with Crippen LogP contribution in [-0.2, 0) is 10.0 Å². The van der Waals surface area contributed by atoms with Gasteiger partial charge >= 0.3 is 5.97 Å². The summed E-state index contributed by atoms with van der Waals surface area (Å²) in [4.78, 5) is 11.4. The third kappa shape index (κ3) is 2.97. The molecule has 21 heavy (non-hydrogen) atoms. The molecule has 1 saturated heterocycles. The van der Waals surface area contributed by atoms with E-state index in [4.69, 9.17) is 0 Å². The van der Waals surface area contributed by atoms with Crippen LogP contribution in [0.15, 0.2) is 17.2 Å². The SMILES string of the molecule is O=C(O)c1cc(S(=O)(=O)N2CCCSCC2)cn1C1CC1. The number of hydrogen-bond donors (Lipinski definition) is 1. The Bertz CT molecular complexity index is 641. The summed E-state index contributed by atoms with van der Waals surface area (Å²) in [6.07, 6.45) is 4.15. The summed E-state index contributed by atoms with van der Waals surface area (Å²) < 4.78 is 28.4. The van der Waals surface area contributed by atoms with Gasteiger partial charge in [0.2, 0.25) is 10.0 Å². The lowest BCUT2D eigenvalue weighted by Gasteiger charge is -2.18. The second-order valence-electron chi connectivity index (χ2n) is 5.37. The standard InChI is InChI=1S/C13H18N2O4S2/c16-13(17)12-8-11(9-15(12)10-2-3-10)21(18,19)14-4-1-6-20-7-5-14/h8-10H,1-7H2,(H,16,17). The molecule has 3 rings (SSSR count). The summed E-state index contributed by atoms with van der Waals surface area (Å²) in [5.74, 6) is 0.680. The number of sulfonamides is 1. The average molecular weight is 330 g/mol. The maximum Gasteiger partial charge on any atom is 0.352 e. The topological polar surface area (TPSA) is 79.6 Å². The quantitative estimate of drug-likeness (QED) is 0.908. The molecule has 1 aliphatic heterocycles. The van der Waals surface area contributed by atoms with Crippen LogP contribution in [0.25, 0.3) is 0 Å². The average Bonchev–Trinajstić information content (AvgIpc) is 3.22. The van der Waals surface area contributed by atoms with Crippen LogP contribution >= 0.6 is 11.8 Å². The van der Waals surface area contributed by atoms with Crippen LogP contribution in [-0.4, -0.2) is 53.0 Å². The van der Waals surface area contributed by atoms with Crippen LogP contribution < -0.4 is 0 Å². The predicted octanol–water partition coefficient (Wildman–Crippen LogP) is 1.65. The monoisotopic (exact) mass is 330 g/mol. The highest BCUT2D eigenvalue weighted by molar-refractivity contribution is 7.99. The van der Waals surface area contributed by atoms with Crippen molar-refractivity contribution in [3.63, 3.8) is 0 Å². The molecular formula is C13H18N2O4S2. The summed E-state index contributed by atoms with van der Waals surface area (Å²) in [5, 5.41) is 9.24. The van der Waals surface area contributed by atoms with E-state index in [1.807, 2.05) is 0 Å². The minimum absolute atomic E-state index is 0.0697. The summed E-state index contributed by atoms with van der Waals surface area (Å²) in [6.45, 7) is 0.996. The molecule has 1 aromatic heterocycles. The van der Waals surface area contributed by atoms with Gasteiger partial charge in [0.05, 0.1) is 0 Å². The Kier molecular flexibility index (Phi) is 4.02. The predicted molar refractivity (Wildman–Crippen MR) is 80.4 cm³/mol. The Hall–Kier alpha value is -0.990. The molecule has 0 unspecified atom stereocenters. The van der Waals surface area contributed by atoms with Crippen LogP contribution in [0.3, 0.4) is 0 Å². The molecule has 2 aliphatic rings. The Balaban J connectivity index is 1.94. The van der Waals surface area contributed by atoms with Crippen LogP contribution in [0.4, 0.5) is 0 Å². The lowest BCUT2D eigenvalue weighted by Crippen LogP contribution is -2.32. The fourth-order valence-corrected chi connectivity index (χ4v) is 5.04. The fourth-order valence-electron chi connectivity index (χ4n) is 2.53. The molecule has 0 bridgehead atoms. The molecule has 2 fully saturated rings. The largest absolute Gasteiger partial charge is 0.477 e. The highest BCUT2D eigenvalue weighted by Crippen LogP contribution is 2.37. The number of aromatic carboxylic acids is 1. The van der Waals surface area contributed by atoms with E-state index in [9.17, 15) is 18.3 Å². The molecule has 0 spiro atoms. The van der Waals surface area contributed by atoms with Gasteiger partial charge in [-0.3, -0.25) is 0 Å². The molecular weight excluding hydrogens is 312 g/mol. The van der Waals surface area contributed by atoms with Crippen LogP contribution in [0.5, 0.6) is 0 Å². The van der Waals surface area contributed by atoms with Crippen molar-refractivity contribution in [1.29, 1.82) is 0 Å². The normalized spacial score (nSPS) is 21.1. The van der Waals surface area contributed by atoms with E-state index < -0.39 is 16.0 Å². The van der Waals surface area contributed by atoms with E-state index >= 15 is 0 Å². The van der Waals surface area contributed by atoms with Gasteiger partial charge in [-0.15, -0.1) is 0 Å². The van der Waals surface area contributed by atoms with Gasteiger partial charge < -0.3 is 9.67 Å². The van der Waals surface area contributed by atoms with Crippen molar-refractivity contribution in [1.82, 2.24) is 8.87 Å². The van der Waals surface area contributed by atoms with Gasteiger partial charge in [-0.2, -0.15) is 16.1 Å². The van der Waals surface area contributed by atoms with E-state index in [1.165, 1.54) is 16.6 Å². The molecule has 2 heterocycles. The molecule has 116 valence electrons. The van der Waals surface area contributed by atoms with Crippen LogP contribution in [0.1, 0.15) is 35.8 Å². The highest BCUT2D eigenvalue weighted by Gasteiger charge is 2.32. The molecule has 0 aromatic carbocycles. The number of aromatic nitrogens is 1. The molecule has 1 aliphatic carbocycles. The zero-order chi connectivity index (χ0) is 15.0. The first-order valence-corrected chi connectivity index (χ1v) is 9.62. The number of hydrogen-bond acceptors (Lipinski definition) is 4. The van der Waals surface area contributed by atoms with E-state index in [0.29, 0.717) is 13.1 Å². The van der Waals surface area contributed by atoms with Gasteiger partial charge in [0.15, 0.2) is 0 Å². The summed E-state index contributed by atoms with van der Waals surface area (Å²) in [6, 6.07) is 1.44. The van der Waals surface area contributed by atoms with Gasteiger partial charge in [-0.1, -0.05) is 0 Å². The van der Waals surface area contributed by atoms with Crippen molar-refractivity contribution in [2.24, 2.45) is 0 Å². The van der Waals surface area contributed by atoms with Crippen molar-refractivity contribution in [2.75, 3.05) is 24.6 Å². The van der Waals surface area contributed by atoms with E-state index in [1.54, 1.807) is 16.3 Å². The van der Waals surface area contributed by atoms with Crippen molar-refractivity contribution < 1.29 is 18.3 Å². The summed E-state index contributed by atoms with van der Waals surface area (Å²) in [7, 11) is -3.59. The first-order chi connectivity index (χ1) is 10.00. The summed E-state index contributed by atoms with van der Waals surface area (Å²) in [5.41, 5.74) is 0.0697. The molecule has 8 heteroatoms. The first kappa shape index (κ1) is 14.9.